The third-order valence-electron chi connectivity index (χ3n) is 5.64. The molecule has 1 aliphatic rings. The van der Waals surface area contributed by atoms with E-state index < -0.39 is 5.60 Å². The van der Waals surface area contributed by atoms with Crippen LogP contribution in [0.5, 0.6) is 5.75 Å². The third-order valence-corrected chi connectivity index (χ3v) is 5.64. The highest BCUT2D eigenvalue weighted by Gasteiger charge is 2.27. The topological polar surface area (TPSA) is 67.3 Å². The van der Waals surface area contributed by atoms with Crippen molar-refractivity contribution in [3.63, 3.8) is 0 Å². The van der Waals surface area contributed by atoms with Crippen molar-refractivity contribution < 1.29 is 14.3 Å². The predicted octanol–water partition coefficient (Wildman–Crippen LogP) is 5.32. The van der Waals surface area contributed by atoms with Gasteiger partial charge in [-0.15, -0.1) is 0 Å². The normalized spacial score (nSPS) is 13.8. The Hall–Kier alpha value is -3.87. The Morgan fingerprint density at radius 2 is 1.49 bits per heavy atom. The number of pyridine rings is 1. The molecule has 0 spiro atoms. The van der Waals surface area contributed by atoms with Crippen molar-refractivity contribution in [1.29, 1.82) is 0 Å². The van der Waals surface area contributed by atoms with Gasteiger partial charge in [-0.3, -0.25) is 0 Å². The molecule has 1 aromatic heterocycles. The number of hydrogen-bond donors (Lipinski definition) is 0. The lowest BCUT2D eigenvalue weighted by Crippen LogP contribution is -2.50. The van der Waals surface area contributed by atoms with E-state index in [1.807, 2.05) is 87.5 Å². The van der Waals surface area contributed by atoms with E-state index in [0.717, 1.165) is 22.5 Å². The molecule has 0 N–H and O–H groups in total. The third kappa shape index (κ3) is 6.18. The van der Waals surface area contributed by atoms with Crippen LogP contribution in [0.25, 0.3) is 0 Å². The zero-order valence-corrected chi connectivity index (χ0v) is 20.8. The van der Waals surface area contributed by atoms with Crippen LogP contribution < -0.4 is 9.64 Å². The van der Waals surface area contributed by atoms with Gasteiger partial charge in [0.1, 0.15) is 11.4 Å². The number of carbonyl (C=O) groups excluding carboxylic acids is 1. The molecule has 0 bridgehead atoms. The first-order valence-corrected chi connectivity index (χ1v) is 11.8. The number of nitrogens with zero attached hydrogens (tertiary/aromatic N) is 4. The molecule has 0 saturated carbocycles. The maximum Gasteiger partial charge on any atom is 0.410 e. The van der Waals surface area contributed by atoms with Gasteiger partial charge in [0, 0.05) is 43.4 Å². The zero-order valence-electron chi connectivity index (χ0n) is 20.8. The summed E-state index contributed by atoms with van der Waals surface area (Å²) in [5.74, 6) is 1.27. The fraction of sp³-hybridized carbons (Fsp3) is 0.321. The van der Waals surface area contributed by atoms with Gasteiger partial charge in [0.2, 0.25) is 0 Å². The molecule has 4 rings (SSSR count). The van der Waals surface area contributed by atoms with Crippen molar-refractivity contribution in [1.82, 2.24) is 9.88 Å². The molecule has 182 valence electrons. The summed E-state index contributed by atoms with van der Waals surface area (Å²) in [6.07, 6.45) is 1.52. The number of benzene rings is 2. The van der Waals surface area contributed by atoms with Crippen molar-refractivity contribution in [2.24, 2.45) is 4.99 Å². The quantitative estimate of drug-likeness (QED) is 0.471. The Morgan fingerprint density at radius 1 is 0.914 bits per heavy atom. The van der Waals surface area contributed by atoms with Gasteiger partial charge in [-0.05, 0) is 20.8 Å². The number of aromatic nitrogens is 1. The molecule has 7 nitrogen and oxygen atoms in total. The van der Waals surface area contributed by atoms with Gasteiger partial charge >= 0.3 is 6.09 Å². The molecule has 0 unspecified atom stereocenters. The molecule has 0 aliphatic carbocycles. The van der Waals surface area contributed by atoms with Crippen LogP contribution in [0.4, 0.5) is 16.3 Å². The molecular weight excluding hydrogens is 440 g/mol. The van der Waals surface area contributed by atoms with Gasteiger partial charge < -0.3 is 19.3 Å². The van der Waals surface area contributed by atoms with Crippen molar-refractivity contribution in [3.8, 4) is 5.75 Å². The number of piperazine rings is 1. The second-order valence-corrected chi connectivity index (χ2v) is 9.36. The van der Waals surface area contributed by atoms with Crippen LogP contribution in [0.15, 0.2) is 77.9 Å². The van der Waals surface area contributed by atoms with Crippen LogP contribution in [-0.4, -0.2) is 60.6 Å². The lowest BCUT2D eigenvalue weighted by Gasteiger charge is -2.37. The molecule has 2 aromatic carbocycles. The Bertz CT molecular complexity index is 1120. The monoisotopic (exact) mass is 472 g/mol. The second-order valence-electron chi connectivity index (χ2n) is 9.36. The van der Waals surface area contributed by atoms with Crippen molar-refractivity contribution in [2.45, 2.75) is 26.4 Å². The van der Waals surface area contributed by atoms with Crippen molar-refractivity contribution in [3.05, 3.63) is 84.1 Å². The van der Waals surface area contributed by atoms with E-state index in [0.29, 0.717) is 37.7 Å². The smallest absolute Gasteiger partial charge is 0.410 e. The molecular formula is C28H32N4O3. The van der Waals surface area contributed by atoms with Crippen LogP contribution in [0.1, 0.15) is 31.9 Å². The van der Waals surface area contributed by atoms with E-state index in [2.05, 4.69) is 9.88 Å². The molecule has 35 heavy (non-hydrogen) atoms. The van der Waals surface area contributed by atoms with Gasteiger partial charge in [0.15, 0.2) is 5.82 Å². The van der Waals surface area contributed by atoms with E-state index in [-0.39, 0.29) is 6.09 Å². The minimum Gasteiger partial charge on any atom is -0.494 e. The van der Waals surface area contributed by atoms with E-state index in [4.69, 9.17) is 14.5 Å². The minimum atomic E-state index is -0.504. The van der Waals surface area contributed by atoms with Crippen LogP contribution in [0.3, 0.4) is 0 Å². The molecule has 2 heterocycles. The van der Waals surface area contributed by atoms with E-state index in [9.17, 15) is 4.79 Å². The lowest BCUT2D eigenvalue weighted by atomic mass is 10.0. The summed E-state index contributed by atoms with van der Waals surface area (Å²) in [4.78, 5) is 25.9. The first kappa shape index (κ1) is 24.3. The maximum absolute atomic E-state index is 12.4. The number of anilines is 1. The largest absolute Gasteiger partial charge is 0.494 e. The van der Waals surface area contributed by atoms with Gasteiger partial charge in [-0.25, -0.2) is 14.8 Å². The summed E-state index contributed by atoms with van der Waals surface area (Å²) in [7, 11) is 1.65. The molecule has 7 heteroatoms. The molecule has 0 atom stereocenters. The minimum absolute atomic E-state index is 0.277. The fourth-order valence-corrected chi connectivity index (χ4v) is 3.94. The SMILES string of the molecule is COc1cc(N=C(c2ccccc2)c2ccccc2)ncc1N1CCN(C(=O)OC(C)(C)C)CC1. The highest BCUT2D eigenvalue weighted by molar-refractivity contribution is 6.13. The highest BCUT2D eigenvalue weighted by atomic mass is 16.6. The summed E-state index contributed by atoms with van der Waals surface area (Å²) in [5, 5.41) is 0. The number of aliphatic imine (C=N–C) groups is 1. The maximum atomic E-state index is 12.4. The summed E-state index contributed by atoms with van der Waals surface area (Å²) in [5.41, 5.74) is 3.26. The molecule has 1 saturated heterocycles. The van der Waals surface area contributed by atoms with Crippen LogP contribution >= 0.6 is 0 Å². The second kappa shape index (κ2) is 10.6. The Balaban J connectivity index is 1.56. The van der Waals surface area contributed by atoms with Gasteiger partial charge in [-0.2, -0.15) is 0 Å². The average Bonchev–Trinajstić information content (AvgIpc) is 2.87. The fourth-order valence-electron chi connectivity index (χ4n) is 3.94. The summed E-state index contributed by atoms with van der Waals surface area (Å²) < 4.78 is 11.2. The number of methoxy groups -OCH3 is 1. The Morgan fingerprint density at radius 3 is 2.00 bits per heavy atom. The zero-order chi connectivity index (χ0) is 24.8. The number of ether oxygens (including phenoxy) is 2. The van der Waals surface area contributed by atoms with Crippen molar-refractivity contribution in [2.75, 3.05) is 38.2 Å². The van der Waals surface area contributed by atoms with E-state index in [1.165, 1.54) is 0 Å². The molecule has 1 fully saturated rings. The van der Waals surface area contributed by atoms with Gasteiger partial charge in [0.05, 0.1) is 24.7 Å². The van der Waals surface area contributed by atoms with E-state index >= 15 is 0 Å². The standard InChI is InChI=1S/C28H32N4O3/c1-28(2,3)35-27(33)32-17-15-31(16-18-32)23-20-29-25(19-24(23)34-4)30-26(21-11-7-5-8-12-21)22-13-9-6-10-14-22/h5-14,19-20H,15-18H2,1-4H3. The van der Waals surface area contributed by atoms with Gasteiger partial charge in [-0.1, -0.05) is 60.7 Å². The summed E-state index contributed by atoms with van der Waals surface area (Å²) >= 11 is 0. The first-order valence-electron chi connectivity index (χ1n) is 11.8. The Kier molecular flexibility index (Phi) is 7.34. The molecule has 1 aliphatic heterocycles. The predicted molar refractivity (Wildman–Crippen MR) is 139 cm³/mol. The highest BCUT2D eigenvalue weighted by Crippen LogP contribution is 2.32. The van der Waals surface area contributed by atoms with Crippen LogP contribution in [0, 0.1) is 0 Å². The van der Waals surface area contributed by atoms with E-state index in [1.54, 1.807) is 18.2 Å². The summed E-state index contributed by atoms with van der Waals surface area (Å²) in [6, 6.07) is 22.0. The number of hydrogen-bond acceptors (Lipinski definition) is 6. The van der Waals surface area contributed by atoms with Crippen LogP contribution in [-0.2, 0) is 4.74 Å². The summed E-state index contributed by atoms with van der Waals surface area (Å²) in [6.45, 7) is 8.11. The number of carbonyl (C=O) groups is 1. The molecule has 3 aromatic rings. The first-order chi connectivity index (χ1) is 16.8. The lowest BCUT2D eigenvalue weighted by molar-refractivity contribution is 0.0240. The molecule has 0 radical (unpaired) electrons. The average molecular weight is 473 g/mol. The molecule has 1 amide bonds. The Labute approximate surface area is 207 Å². The number of rotatable bonds is 5. The van der Waals surface area contributed by atoms with Crippen molar-refractivity contribution >= 4 is 23.3 Å². The number of amides is 1. The van der Waals surface area contributed by atoms with Gasteiger partial charge in [0.25, 0.3) is 0 Å². The van der Waals surface area contributed by atoms with Crippen LogP contribution in [0.2, 0.25) is 0 Å².